The van der Waals surface area contributed by atoms with Crippen LogP contribution in [0.25, 0.3) is 0 Å². The normalized spacial score (nSPS) is 27.5. The van der Waals surface area contributed by atoms with Crippen molar-refractivity contribution >= 4 is 5.91 Å². The van der Waals surface area contributed by atoms with Crippen molar-refractivity contribution in [1.29, 1.82) is 0 Å². The number of hydrogen-bond donors (Lipinski definition) is 1. The third-order valence-electron chi connectivity index (χ3n) is 5.15. The summed E-state index contributed by atoms with van der Waals surface area (Å²) in [5, 5.41) is 3.34. The molecule has 22 heavy (non-hydrogen) atoms. The molecule has 0 bridgehead atoms. The molecular weight excluding hydrogens is 272 g/mol. The van der Waals surface area contributed by atoms with Crippen molar-refractivity contribution in [2.24, 2.45) is 5.92 Å². The maximum Gasteiger partial charge on any atom is 0.242 e. The number of amides is 1. The molecule has 1 aromatic rings. The summed E-state index contributed by atoms with van der Waals surface area (Å²) in [6.45, 7) is 4.37. The molecule has 1 heterocycles. The first-order valence-electron chi connectivity index (χ1n) is 8.83. The number of hydrogen-bond acceptors (Lipinski definition) is 2. The van der Waals surface area contributed by atoms with Crippen LogP contribution in [0, 0.1) is 5.92 Å². The van der Waals surface area contributed by atoms with Crippen LogP contribution in [0.3, 0.4) is 0 Å². The molecule has 3 unspecified atom stereocenters. The Hall–Kier alpha value is -1.35. The van der Waals surface area contributed by atoms with Gasteiger partial charge >= 0.3 is 0 Å². The van der Waals surface area contributed by atoms with E-state index >= 15 is 0 Å². The van der Waals surface area contributed by atoms with Crippen LogP contribution in [0.1, 0.15) is 57.1 Å². The zero-order valence-electron chi connectivity index (χ0n) is 13.6. The van der Waals surface area contributed by atoms with Crippen LogP contribution in [0.15, 0.2) is 30.3 Å². The van der Waals surface area contributed by atoms with E-state index in [2.05, 4.69) is 29.3 Å². The van der Waals surface area contributed by atoms with Gasteiger partial charge in [-0.05, 0) is 50.3 Å². The molecule has 2 fully saturated rings. The Kier molecular flexibility index (Phi) is 5.14. The van der Waals surface area contributed by atoms with Gasteiger partial charge in [0.15, 0.2) is 0 Å². The van der Waals surface area contributed by atoms with Gasteiger partial charge < -0.3 is 5.32 Å². The van der Waals surface area contributed by atoms with E-state index in [0.29, 0.717) is 6.04 Å². The molecule has 0 radical (unpaired) electrons. The fourth-order valence-electron chi connectivity index (χ4n) is 4.01. The van der Waals surface area contributed by atoms with Crippen molar-refractivity contribution in [3.63, 3.8) is 0 Å². The molecule has 0 spiro atoms. The first-order chi connectivity index (χ1) is 10.7. The largest absolute Gasteiger partial charge is 0.352 e. The molecule has 120 valence electrons. The summed E-state index contributed by atoms with van der Waals surface area (Å²) >= 11 is 0. The predicted molar refractivity (Wildman–Crippen MR) is 89.6 cm³/mol. The molecule has 3 atom stereocenters. The van der Waals surface area contributed by atoms with E-state index in [9.17, 15) is 4.79 Å². The van der Waals surface area contributed by atoms with E-state index in [-0.39, 0.29) is 11.9 Å². The third kappa shape index (κ3) is 3.70. The van der Waals surface area contributed by atoms with Crippen molar-refractivity contribution in [1.82, 2.24) is 10.2 Å². The molecule has 1 saturated carbocycles. The molecule has 1 aliphatic heterocycles. The third-order valence-corrected chi connectivity index (χ3v) is 5.15. The topological polar surface area (TPSA) is 32.3 Å². The number of carbonyl (C=O) groups is 1. The standard InChI is InChI=1S/C19H28N2O/c1-15-8-7-11-17(14-15)20-19(22)18(21-12-5-6-13-21)16-9-3-2-4-10-16/h2-4,9-10,15,17-18H,5-8,11-14H2,1H3,(H,20,22). The smallest absolute Gasteiger partial charge is 0.242 e. The van der Waals surface area contributed by atoms with E-state index in [1.807, 2.05) is 18.2 Å². The van der Waals surface area contributed by atoms with Crippen molar-refractivity contribution < 1.29 is 4.79 Å². The van der Waals surface area contributed by atoms with E-state index in [1.165, 1.54) is 25.7 Å². The minimum Gasteiger partial charge on any atom is -0.352 e. The summed E-state index contributed by atoms with van der Waals surface area (Å²) in [7, 11) is 0. The van der Waals surface area contributed by atoms with Gasteiger partial charge in [-0.3, -0.25) is 9.69 Å². The van der Waals surface area contributed by atoms with Crippen LogP contribution in [0.4, 0.5) is 0 Å². The minimum absolute atomic E-state index is 0.110. The van der Waals surface area contributed by atoms with Crippen molar-refractivity contribution in [2.45, 2.75) is 57.5 Å². The zero-order valence-corrected chi connectivity index (χ0v) is 13.6. The summed E-state index contributed by atoms with van der Waals surface area (Å²) < 4.78 is 0. The van der Waals surface area contributed by atoms with E-state index < -0.39 is 0 Å². The lowest BCUT2D eigenvalue weighted by Crippen LogP contribution is -2.45. The van der Waals surface area contributed by atoms with Crippen molar-refractivity contribution in [3.05, 3.63) is 35.9 Å². The predicted octanol–water partition coefficient (Wildman–Crippen LogP) is 3.52. The molecule has 1 N–H and O–H groups in total. The van der Waals surface area contributed by atoms with Gasteiger partial charge in [-0.2, -0.15) is 0 Å². The highest BCUT2D eigenvalue weighted by molar-refractivity contribution is 5.83. The van der Waals surface area contributed by atoms with Crippen LogP contribution in [-0.2, 0) is 4.79 Å². The monoisotopic (exact) mass is 300 g/mol. The van der Waals surface area contributed by atoms with Crippen molar-refractivity contribution in [2.75, 3.05) is 13.1 Å². The molecule has 3 heteroatoms. The summed E-state index contributed by atoms with van der Waals surface area (Å²) in [4.78, 5) is 15.3. The van der Waals surface area contributed by atoms with Crippen LogP contribution in [0.5, 0.6) is 0 Å². The maximum atomic E-state index is 13.0. The van der Waals surface area contributed by atoms with Gasteiger partial charge in [0.05, 0.1) is 0 Å². The fourth-order valence-corrected chi connectivity index (χ4v) is 4.01. The molecule has 2 aliphatic rings. The zero-order chi connectivity index (χ0) is 15.4. The Bertz CT molecular complexity index is 481. The Morgan fingerprint density at radius 3 is 2.55 bits per heavy atom. The Labute approximate surface area is 134 Å². The first kappa shape index (κ1) is 15.5. The van der Waals surface area contributed by atoms with E-state index in [4.69, 9.17) is 0 Å². The summed E-state index contributed by atoms with van der Waals surface area (Å²) in [6, 6.07) is 10.5. The summed E-state index contributed by atoms with van der Waals surface area (Å²) in [6.07, 6.45) is 7.23. The van der Waals surface area contributed by atoms with Gasteiger partial charge in [0, 0.05) is 6.04 Å². The average molecular weight is 300 g/mol. The fraction of sp³-hybridized carbons (Fsp3) is 0.632. The lowest BCUT2D eigenvalue weighted by atomic mass is 9.87. The number of nitrogens with zero attached hydrogens (tertiary/aromatic N) is 1. The Morgan fingerprint density at radius 2 is 1.86 bits per heavy atom. The number of rotatable bonds is 4. The van der Waals surface area contributed by atoms with Crippen LogP contribution in [0.2, 0.25) is 0 Å². The quantitative estimate of drug-likeness (QED) is 0.923. The van der Waals surface area contributed by atoms with Crippen LogP contribution >= 0.6 is 0 Å². The maximum absolute atomic E-state index is 13.0. The lowest BCUT2D eigenvalue weighted by molar-refractivity contribution is -0.127. The van der Waals surface area contributed by atoms with Crippen LogP contribution < -0.4 is 5.32 Å². The molecule has 3 nitrogen and oxygen atoms in total. The van der Waals surface area contributed by atoms with Gasteiger partial charge in [-0.25, -0.2) is 0 Å². The second-order valence-electron chi connectivity index (χ2n) is 7.03. The Morgan fingerprint density at radius 1 is 1.14 bits per heavy atom. The second-order valence-corrected chi connectivity index (χ2v) is 7.03. The van der Waals surface area contributed by atoms with E-state index in [1.54, 1.807) is 0 Å². The average Bonchev–Trinajstić information content (AvgIpc) is 3.02. The molecule has 1 amide bonds. The molecule has 1 aliphatic carbocycles. The van der Waals surface area contributed by atoms with Gasteiger partial charge in [0.25, 0.3) is 0 Å². The lowest BCUT2D eigenvalue weighted by Gasteiger charge is -2.32. The summed E-state index contributed by atoms with van der Waals surface area (Å²) in [5.74, 6) is 0.938. The molecule has 1 saturated heterocycles. The van der Waals surface area contributed by atoms with Gasteiger partial charge in [-0.1, -0.05) is 50.1 Å². The van der Waals surface area contributed by atoms with Gasteiger partial charge in [0.2, 0.25) is 5.91 Å². The number of benzene rings is 1. The molecule has 1 aromatic carbocycles. The molecule has 0 aromatic heterocycles. The number of likely N-dealkylation sites (tertiary alicyclic amines) is 1. The van der Waals surface area contributed by atoms with Crippen LogP contribution in [-0.4, -0.2) is 29.9 Å². The minimum atomic E-state index is -0.110. The van der Waals surface area contributed by atoms with Gasteiger partial charge in [-0.15, -0.1) is 0 Å². The highest BCUT2D eigenvalue weighted by Gasteiger charge is 2.31. The molecule has 3 rings (SSSR count). The SMILES string of the molecule is CC1CCCC(NC(=O)C(c2ccccc2)N2CCCC2)C1. The first-order valence-corrected chi connectivity index (χ1v) is 8.83. The van der Waals surface area contributed by atoms with Crippen molar-refractivity contribution in [3.8, 4) is 0 Å². The number of carbonyl (C=O) groups excluding carboxylic acids is 1. The number of nitrogens with one attached hydrogen (secondary N) is 1. The second kappa shape index (κ2) is 7.28. The molecular formula is C19H28N2O. The van der Waals surface area contributed by atoms with E-state index in [0.717, 1.165) is 37.4 Å². The Balaban J connectivity index is 1.72. The van der Waals surface area contributed by atoms with Gasteiger partial charge in [0.1, 0.15) is 6.04 Å². The highest BCUT2D eigenvalue weighted by Crippen LogP contribution is 2.28. The summed E-state index contributed by atoms with van der Waals surface area (Å²) in [5.41, 5.74) is 1.13. The highest BCUT2D eigenvalue weighted by atomic mass is 16.2.